The van der Waals surface area contributed by atoms with Crippen LogP contribution < -0.4 is 9.64 Å². The number of aliphatic carboxylic acids is 1. The Morgan fingerprint density at radius 1 is 1.24 bits per heavy atom. The first-order valence-corrected chi connectivity index (χ1v) is 7.67. The van der Waals surface area contributed by atoms with Crippen LogP contribution in [0.3, 0.4) is 0 Å². The van der Waals surface area contributed by atoms with Crippen molar-refractivity contribution in [2.75, 3.05) is 44.2 Å². The molecule has 0 amide bonds. The predicted molar refractivity (Wildman–Crippen MR) is 81.2 cm³/mol. The lowest BCUT2D eigenvalue weighted by atomic mass is 10.1. The highest BCUT2D eigenvalue weighted by Crippen LogP contribution is 2.32. The summed E-state index contributed by atoms with van der Waals surface area (Å²) in [5.74, 6) is -0.00209. The van der Waals surface area contributed by atoms with Gasteiger partial charge in [0, 0.05) is 6.54 Å². The van der Waals surface area contributed by atoms with Gasteiger partial charge in [0.2, 0.25) is 0 Å². The highest BCUT2D eigenvalue weighted by Gasteiger charge is 2.20. The second kappa shape index (κ2) is 6.35. The lowest BCUT2D eigenvalue weighted by Crippen LogP contribution is -2.36. The van der Waals surface area contributed by atoms with E-state index in [0.717, 1.165) is 24.4 Å². The zero-order valence-electron chi connectivity index (χ0n) is 12.3. The molecular weight excluding hydrogens is 268 g/mol. The van der Waals surface area contributed by atoms with Crippen molar-refractivity contribution in [2.45, 2.75) is 19.3 Å². The number of fused-ring (bicyclic) bond motifs is 1. The van der Waals surface area contributed by atoms with Crippen LogP contribution in [0.5, 0.6) is 5.75 Å². The molecule has 0 radical (unpaired) electrons. The van der Waals surface area contributed by atoms with Crippen molar-refractivity contribution in [1.29, 1.82) is 0 Å². The number of carboxylic acids is 1. The van der Waals surface area contributed by atoms with Gasteiger partial charge in [0.1, 0.15) is 18.9 Å². The van der Waals surface area contributed by atoms with Gasteiger partial charge in [0.15, 0.2) is 0 Å². The van der Waals surface area contributed by atoms with Crippen molar-refractivity contribution >= 4 is 11.7 Å². The summed E-state index contributed by atoms with van der Waals surface area (Å²) in [6, 6.07) is 6.16. The molecule has 114 valence electrons. The maximum atomic E-state index is 11.0. The molecule has 0 spiro atoms. The van der Waals surface area contributed by atoms with E-state index in [9.17, 15) is 4.79 Å². The van der Waals surface area contributed by atoms with Gasteiger partial charge in [0.25, 0.3) is 0 Å². The number of rotatable bonds is 5. The van der Waals surface area contributed by atoms with Gasteiger partial charge in [-0.25, -0.2) is 0 Å². The summed E-state index contributed by atoms with van der Waals surface area (Å²) in [4.78, 5) is 15.4. The zero-order valence-corrected chi connectivity index (χ0v) is 12.3. The minimum atomic E-state index is -0.801. The quantitative estimate of drug-likeness (QED) is 0.893. The van der Waals surface area contributed by atoms with Crippen LogP contribution in [-0.4, -0.2) is 55.3 Å². The van der Waals surface area contributed by atoms with Gasteiger partial charge in [-0.1, -0.05) is 6.07 Å². The van der Waals surface area contributed by atoms with Crippen LogP contribution >= 0.6 is 0 Å². The molecule has 5 heteroatoms. The molecule has 0 bridgehead atoms. The van der Waals surface area contributed by atoms with Crippen LogP contribution in [0.25, 0.3) is 0 Å². The molecule has 1 fully saturated rings. The number of ether oxygens (including phenoxy) is 1. The first-order chi connectivity index (χ1) is 10.2. The number of hydrogen-bond donors (Lipinski definition) is 1. The van der Waals surface area contributed by atoms with Crippen LogP contribution in [0.2, 0.25) is 0 Å². The van der Waals surface area contributed by atoms with Crippen molar-refractivity contribution in [1.82, 2.24) is 4.90 Å². The van der Waals surface area contributed by atoms with E-state index in [1.54, 1.807) is 0 Å². The van der Waals surface area contributed by atoms with Crippen LogP contribution in [0.4, 0.5) is 5.69 Å². The molecule has 0 unspecified atom stereocenters. The normalized spacial score (nSPS) is 18.4. The largest absolute Gasteiger partial charge is 0.490 e. The third kappa shape index (κ3) is 3.47. The molecule has 2 heterocycles. The highest BCUT2D eigenvalue weighted by molar-refractivity contribution is 5.75. The zero-order chi connectivity index (χ0) is 14.7. The maximum Gasteiger partial charge on any atom is 0.323 e. The summed E-state index contributed by atoms with van der Waals surface area (Å²) in [7, 11) is 0. The molecule has 0 atom stereocenters. The first-order valence-electron chi connectivity index (χ1n) is 7.67. The van der Waals surface area contributed by atoms with E-state index in [1.807, 2.05) is 11.0 Å². The van der Waals surface area contributed by atoms with E-state index in [-0.39, 0.29) is 6.54 Å². The number of anilines is 1. The molecule has 3 rings (SSSR count). The summed E-state index contributed by atoms with van der Waals surface area (Å²) < 4.78 is 5.62. The molecule has 5 nitrogen and oxygen atoms in total. The van der Waals surface area contributed by atoms with Crippen molar-refractivity contribution in [3.8, 4) is 5.75 Å². The topological polar surface area (TPSA) is 53.0 Å². The SMILES string of the molecule is O=C(O)CN1CCOc2ccc(CCN3CCCC3)cc21. The van der Waals surface area contributed by atoms with Gasteiger partial charge in [0.05, 0.1) is 12.2 Å². The lowest BCUT2D eigenvalue weighted by Gasteiger charge is -2.30. The fourth-order valence-corrected chi connectivity index (χ4v) is 3.09. The van der Waals surface area contributed by atoms with E-state index in [4.69, 9.17) is 9.84 Å². The molecule has 2 aliphatic heterocycles. The van der Waals surface area contributed by atoms with Gasteiger partial charge < -0.3 is 19.6 Å². The number of carboxylic acid groups (broad SMARTS) is 1. The molecule has 0 aliphatic carbocycles. The predicted octanol–water partition coefficient (Wildman–Crippen LogP) is 1.61. The Hall–Kier alpha value is -1.75. The average molecular weight is 290 g/mol. The van der Waals surface area contributed by atoms with E-state index in [2.05, 4.69) is 17.0 Å². The molecular formula is C16H22N2O3. The third-order valence-electron chi connectivity index (χ3n) is 4.22. The van der Waals surface area contributed by atoms with Crippen molar-refractivity contribution in [3.63, 3.8) is 0 Å². The van der Waals surface area contributed by atoms with Crippen molar-refractivity contribution in [3.05, 3.63) is 23.8 Å². The number of likely N-dealkylation sites (tertiary alicyclic amines) is 1. The fraction of sp³-hybridized carbons (Fsp3) is 0.562. The molecule has 1 aromatic rings. The third-order valence-corrected chi connectivity index (χ3v) is 4.22. The Bertz CT molecular complexity index is 512. The summed E-state index contributed by atoms with van der Waals surface area (Å²) in [5.41, 5.74) is 2.17. The van der Waals surface area contributed by atoms with Gasteiger partial charge in [-0.15, -0.1) is 0 Å². The Kier molecular flexibility index (Phi) is 4.29. The molecule has 2 aliphatic rings. The van der Waals surface area contributed by atoms with E-state index in [0.29, 0.717) is 13.2 Å². The second-order valence-electron chi connectivity index (χ2n) is 5.76. The number of nitrogens with zero attached hydrogens (tertiary/aromatic N) is 2. The summed E-state index contributed by atoms with van der Waals surface area (Å²) in [6.07, 6.45) is 3.63. The Balaban J connectivity index is 1.70. The van der Waals surface area contributed by atoms with Crippen molar-refractivity contribution in [2.24, 2.45) is 0 Å². The minimum Gasteiger partial charge on any atom is -0.490 e. The minimum absolute atomic E-state index is 0.0337. The van der Waals surface area contributed by atoms with Gasteiger partial charge >= 0.3 is 5.97 Å². The lowest BCUT2D eigenvalue weighted by molar-refractivity contribution is -0.135. The van der Waals surface area contributed by atoms with Crippen molar-refractivity contribution < 1.29 is 14.6 Å². The number of benzene rings is 1. The Labute approximate surface area is 125 Å². The number of hydrogen-bond acceptors (Lipinski definition) is 4. The average Bonchev–Trinajstić information content (AvgIpc) is 2.98. The molecule has 1 saturated heterocycles. The smallest absolute Gasteiger partial charge is 0.323 e. The van der Waals surface area contributed by atoms with E-state index in [1.165, 1.54) is 31.5 Å². The van der Waals surface area contributed by atoms with Crippen LogP contribution in [0.15, 0.2) is 18.2 Å². The molecule has 21 heavy (non-hydrogen) atoms. The first kappa shape index (κ1) is 14.2. The maximum absolute atomic E-state index is 11.0. The highest BCUT2D eigenvalue weighted by atomic mass is 16.5. The molecule has 0 aromatic heterocycles. The van der Waals surface area contributed by atoms with E-state index >= 15 is 0 Å². The monoisotopic (exact) mass is 290 g/mol. The summed E-state index contributed by atoms with van der Waals surface area (Å²) in [5, 5.41) is 9.02. The molecule has 1 N–H and O–H groups in total. The van der Waals surface area contributed by atoms with Gasteiger partial charge in [-0.3, -0.25) is 4.79 Å². The Morgan fingerprint density at radius 3 is 2.81 bits per heavy atom. The standard InChI is InChI=1S/C16H22N2O3/c19-16(20)12-18-9-10-21-15-4-3-13(11-14(15)18)5-8-17-6-1-2-7-17/h3-4,11H,1-2,5-10,12H2,(H,19,20). The van der Waals surface area contributed by atoms with Gasteiger partial charge in [-0.2, -0.15) is 0 Å². The van der Waals surface area contributed by atoms with Gasteiger partial charge in [-0.05, 0) is 50.0 Å². The summed E-state index contributed by atoms with van der Waals surface area (Å²) in [6.45, 7) is 4.71. The summed E-state index contributed by atoms with van der Waals surface area (Å²) >= 11 is 0. The second-order valence-corrected chi connectivity index (χ2v) is 5.76. The molecule has 1 aromatic carbocycles. The van der Waals surface area contributed by atoms with Crippen LogP contribution in [0, 0.1) is 0 Å². The van der Waals surface area contributed by atoms with E-state index < -0.39 is 5.97 Å². The fourth-order valence-electron chi connectivity index (χ4n) is 3.09. The number of carbonyl (C=O) groups is 1. The molecule has 0 saturated carbocycles. The van der Waals surface area contributed by atoms with Crippen LogP contribution in [0.1, 0.15) is 18.4 Å². The Morgan fingerprint density at radius 2 is 2.05 bits per heavy atom. The van der Waals surface area contributed by atoms with Crippen LogP contribution in [-0.2, 0) is 11.2 Å².